The number of nitrogens with one attached hydrogen (secondary N) is 2. The van der Waals surface area contributed by atoms with Crippen molar-refractivity contribution in [2.24, 2.45) is 4.99 Å². The number of sulfone groups is 1. The van der Waals surface area contributed by atoms with Crippen molar-refractivity contribution < 1.29 is 21.9 Å². The van der Waals surface area contributed by atoms with Crippen molar-refractivity contribution in [3.05, 3.63) is 59.7 Å². The van der Waals surface area contributed by atoms with Crippen molar-refractivity contribution in [2.75, 3.05) is 26.0 Å². The lowest BCUT2D eigenvalue weighted by atomic mass is 10.1. The van der Waals surface area contributed by atoms with Gasteiger partial charge in [-0.15, -0.1) is 0 Å². The van der Waals surface area contributed by atoms with Crippen molar-refractivity contribution in [2.45, 2.75) is 24.8 Å². The molecule has 29 heavy (non-hydrogen) atoms. The highest BCUT2D eigenvalue weighted by atomic mass is 32.2. The molecule has 0 heterocycles. The van der Waals surface area contributed by atoms with E-state index >= 15 is 0 Å². The number of hydrogen-bond donors (Lipinski definition) is 2. The van der Waals surface area contributed by atoms with E-state index in [0.717, 1.165) is 18.4 Å². The molecule has 0 aliphatic rings. The standard InChI is InChI=1S/C20H25F2N3O3S/c1-4-23-20(25-14(2)15-5-10-18(21)19(22)13-15)24-11-12-28-16-6-8-17(9-7-16)29(3,26)27/h5-10,13-14H,4,11-12H2,1-3H3,(H2,23,24,25). The Morgan fingerprint density at radius 3 is 2.41 bits per heavy atom. The first kappa shape index (κ1) is 22.6. The van der Waals surface area contributed by atoms with Crippen LogP contribution in [0.1, 0.15) is 25.5 Å². The third kappa shape index (κ3) is 7.01. The first-order chi connectivity index (χ1) is 13.7. The summed E-state index contributed by atoms with van der Waals surface area (Å²) in [6, 6.07) is 9.64. The van der Waals surface area contributed by atoms with Gasteiger partial charge < -0.3 is 15.4 Å². The lowest BCUT2D eigenvalue weighted by Gasteiger charge is -2.18. The SMILES string of the molecule is CCNC(=NCCOc1ccc(S(C)(=O)=O)cc1)NC(C)c1ccc(F)c(F)c1. The van der Waals surface area contributed by atoms with Crippen LogP contribution in [0.2, 0.25) is 0 Å². The molecule has 0 saturated heterocycles. The summed E-state index contributed by atoms with van der Waals surface area (Å²) in [6.45, 7) is 4.99. The molecule has 0 aromatic heterocycles. The van der Waals surface area contributed by atoms with Crippen LogP contribution in [0.15, 0.2) is 52.4 Å². The van der Waals surface area contributed by atoms with Gasteiger partial charge in [0.1, 0.15) is 12.4 Å². The number of aliphatic imine (C=N–C) groups is 1. The summed E-state index contributed by atoms with van der Waals surface area (Å²) in [5.74, 6) is -0.724. The lowest BCUT2D eigenvalue weighted by molar-refractivity contribution is 0.328. The average Bonchev–Trinajstić information content (AvgIpc) is 2.67. The second-order valence-corrected chi connectivity index (χ2v) is 8.41. The molecule has 6 nitrogen and oxygen atoms in total. The zero-order valence-electron chi connectivity index (χ0n) is 16.6. The second kappa shape index (κ2) is 10.2. The van der Waals surface area contributed by atoms with Gasteiger partial charge in [-0.1, -0.05) is 6.07 Å². The molecule has 0 saturated carbocycles. The Balaban J connectivity index is 1.92. The largest absolute Gasteiger partial charge is 0.492 e. The Morgan fingerprint density at radius 1 is 1.14 bits per heavy atom. The Hall–Kier alpha value is -2.68. The van der Waals surface area contributed by atoms with Gasteiger partial charge in [-0.3, -0.25) is 0 Å². The number of rotatable bonds is 8. The maximum Gasteiger partial charge on any atom is 0.191 e. The van der Waals surface area contributed by atoms with E-state index < -0.39 is 21.5 Å². The first-order valence-electron chi connectivity index (χ1n) is 9.13. The maximum atomic E-state index is 13.4. The number of nitrogens with zero attached hydrogens (tertiary/aromatic N) is 1. The molecule has 1 atom stereocenters. The summed E-state index contributed by atoms with van der Waals surface area (Å²) in [4.78, 5) is 4.63. The smallest absolute Gasteiger partial charge is 0.191 e. The minimum absolute atomic E-state index is 0.229. The summed E-state index contributed by atoms with van der Waals surface area (Å²) in [5, 5.41) is 6.21. The predicted octanol–water partition coefficient (Wildman–Crippen LogP) is 3.06. The van der Waals surface area contributed by atoms with Crippen LogP contribution in [0.4, 0.5) is 8.78 Å². The van der Waals surface area contributed by atoms with Gasteiger partial charge >= 0.3 is 0 Å². The average molecular weight is 426 g/mol. The van der Waals surface area contributed by atoms with Crippen LogP contribution in [0.25, 0.3) is 0 Å². The van der Waals surface area contributed by atoms with E-state index in [4.69, 9.17) is 4.74 Å². The van der Waals surface area contributed by atoms with E-state index in [2.05, 4.69) is 15.6 Å². The van der Waals surface area contributed by atoms with Crippen molar-refractivity contribution >= 4 is 15.8 Å². The fraction of sp³-hybridized carbons (Fsp3) is 0.350. The number of ether oxygens (including phenoxy) is 1. The summed E-state index contributed by atoms with van der Waals surface area (Å²) < 4.78 is 55.0. The Morgan fingerprint density at radius 2 is 1.83 bits per heavy atom. The van der Waals surface area contributed by atoms with Gasteiger partial charge in [-0.25, -0.2) is 22.2 Å². The van der Waals surface area contributed by atoms with Crippen molar-refractivity contribution in [1.29, 1.82) is 0 Å². The highest BCUT2D eigenvalue weighted by Gasteiger charge is 2.11. The van der Waals surface area contributed by atoms with Crippen LogP contribution in [0.3, 0.4) is 0 Å². The van der Waals surface area contributed by atoms with Crippen LogP contribution in [-0.2, 0) is 9.84 Å². The number of guanidine groups is 1. The molecule has 0 bridgehead atoms. The molecule has 0 radical (unpaired) electrons. The molecular weight excluding hydrogens is 400 g/mol. The molecule has 0 amide bonds. The minimum Gasteiger partial charge on any atom is -0.492 e. The van der Waals surface area contributed by atoms with Crippen molar-refractivity contribution in [3.63, 3.8) is 0 Å². The monoisotopic (exact) mass is 425 g/mol. The minimum atomic E-state index is -3.24. The highest BCUT2D eigenvalue weighted by Crippen LogP contribution is 2.17. The van der Waals surface area contributed by atoms with Crippen LogP contribution in [0, 0.1) is 11.6 Å². The van der Waals surface area contributed by atoms with E-state index in [1.165, 1.54) is 18.2 Å². The van der Waals surface area contributed by atoms with Gasteiger partial charge in [-0.2, -0.15) is 0 Å². The molecule has 0 aliphatic carbocycles. The highest BCUT2D eigenvalue weighted by molar-refractivity contribution is 7.90. The molecule has 2 rings (SSSR count). The van der Waals surface area contributed by atoms with E-state index in [9.17, 15) is 17.2 Å². The summed E-state index contributed by atoms with van der Waals surface area (Å²) in [7, 11) is -3.24. The van der Waals surface area contributed by atoms with E-state index in [0.29, 0.717) is 30.4 Å². The molecule has 0 spiro atoms. The summed E-state index contributed by atoms with van der Waals surface area (Å²) >= 11 is 0. The summed E-state index contributed by atoms with van der Waals surface area (Å²) in [6.07, 6.45) is 1.15. The Kier molecular flexibility index (Phi) is 7.95. The van der Waals surface area contributed by atoms with Gasteiger partial charge in [0.05, 0.1) is 17.5 Å². The molecule has 0 aliphatic heterocycles. The molecule has 1 unspecified atom stereocenters. The van der Waals surface area contributed by atoms with Crippen molar-refractivity contribution in [3.8, 4) is 5.75 Å². The van der Waals surface area contributed by atoms with Gasteiger partial charge in [0.15, 0.2) is 27.4 Å². The van der Waals surface area contributed by atoms with Crippen LogP contribution in [-0.4, -0.2) is 40.3 Å². The quantitative estimate of drug-likeness (QED) is 0.386. The normalized spacial score (nSPS) is 13.1. The van der Waals surface area contributed by atoms with Gasteiger partial charge in [0.25, 0.3) is 0 Å². The third-order valence-electron chi connectivity index (χ3n) is 4.02. The van der Waals surface area contributed by atoms with Crippen LogP contribution >= 0.6 is 0 Å². The number of benzene rings is 2. The van der Waals surface area contributed by atoms with Crippen molar-refractivity contribution in [1.82, 2.24) is 10.6 Å². The van der Waals surface area contributed by atoms with Crippen LogP contribution < -0.4 is 15.4 Å². The lowest BCUT2D eigenvalue weighted by Crippen LogP contribution is -2.39. The number of hydrogen-bond acceptors (Lipinski definition) is 4. The van der Waals surface area contributed by atoms with Crippen LogP contribution in [0.5, 0.6) is 5.75 Å². The molecule has 2 aromatic rings. The molecule has 2 aromatic carbocycles. The van der Waals surface area contributed by atoms with Gasteiger partial charge in [0.2, 0.25) is 0 Å². The van der Waals surface area contributed by atoms with E-state index in [1.807, 2.05) is 13.8 Å². The maximum absolute atomic E-state index is 13.4. The Bertz CT molecular complexity index is 948. The predicted molar refractivity (Wildman–Crippen MR) is 109 cm³/mol. The molecule has 158 valence electrons. The topological polar surface area (TPSA) is 79.8 Å². The fourth-order valence-corrected chi connectivity index (χ4v) is 3.12. The van der Waals surface area contributed by atoms with Gasteiger partial charge in [-0.05, 0) is 55.8 Å². The van der Waals surface area contributed by atoms with E-state index in [-0.39, 0.29) is 17.5 Å². The molecule has 9 heteroatoms. The zero-order chi connectivity index (χ0) is 21.4. The first-order valence-corrected chi connectivity index (χ1v) is 11.0. The summed E-state index contributed by atoms with van der Waals surface area (Å²) in [5.41, 5.74) is 0.594. The molecule has 2 N–H and O–H groups in total. The Labute approximate surface area is 169 Å². The van der Waals surface area contributed by atoms with E-state index in [1.54, 1.807) is 12.1 Å². The van der Waals surface area contributed by atoms with Gasteiger partial charge in [0, 0.05) is 12.8 Å². The fourth-order valence-electron chi connectivity index (χ4n) is 2.49. The molecular formula is C20H25F2N3O3S. The number of halogens is 2. The second-order valence-electron chi connectivity index (χ2n) is 6.39. The zero-order valence-corrected chi connectivity index (χ0v) is 17.4. The third-order valence-corrected chi connectivity index (χ3v) is 5.15. The molecule has 0 fully saturated rings.